The van der Waals surface area contributed by atoms with Gasteiger partial charge < -0.3 is 10.2 Å². The van der Waals surface area contributed by atoms with Crippen LogP contribution in [0.15, 0.2) is 24.3 Å². The van der Waals surface area contributed by atoms with Gasteiger partial charge in [-0.1, -0.05) is 19.1 Å². The topological polar surface area (TPSA) is 18.5 Å². The van der Waals surface area contributed by atoms with E-state index in [1.54, 1.807) is 0 Å². The molecule has 0 bridgehead atoms. The molecule has 0 amide bonds. The first-order chi connectivity index (χ1) is 10.2. The van der Waals surface area contributed by atoms with Crippen LogP contribution in [-0.4, -0.2) is 50.2 Å². The highest BCUT2D eigenvalue weighted by molar-refractivity contribution is 5.48. The van der Waals surface area contributed by atoms with Crippen molar-refractivity contribution in [3.63, 3.8) is 0 Å². The van der Waals surface area contributed by atoms with E-state index >= 15 is 0 Å². The first-order valence-corrected chi connectivity index (χ1v) is 8.48. The van der Waals surface area contributed by atoms with Crippen molar-refractivity contribution in [3.8, 4) is 0 Å². The molecule has 2 aliphatic rings. The molecule has 3 heteroatoms. The van der Waals surface area contributed by atoms with Crippen molar-refractivity contribution < 1.29 is 0 Å². The molecule has 0 aromatic heterocycles. The van der Waals surface area contributed by atoms with E-state index in [0.29, 0.717) is 0 Å². The fourth-order valence-corrected chi connectivity index (χ4v) is 3.17. The van der Waals surface area contributed by atoms with Crippen LogP contribution < -0.4 is 10.2 Å². The van der Waals surface area contributed by atoms with Crippen LogP contribution >= 0.6 is 0 Å². The van der Waals surface area contributed by atoms with Crippen LogP contribution in [0.25, 0.3) is 0 Å². The minimum Gasteiger partial charge on any atom is -0.369 e. The molecular formula is C18H29N3. The van der Waals surface area contributed by atoms with E-state index in [9.17, 15) is 0 Å². The molecule has 116 valence electrons. The van der Waals surface area contributed by atoms with Gasteiger partial charge in [-0.3, -0.25) is 4.90 Å². The summed E-state index contributed by atoms with van der Waals surface area (Å²) in [5, 5.41) is 3.65. The van der Waals surface area contributed by atoms with E-state index in [0.717, 1.165) is 25.0 Å². The Morgan fingerprint density at radius 1 is 1.19 bits per heavy atom. The molecule has 1 aliphatic heterocycles. The maximum atomic E-state index is 3.65. The standard InChI is InChI=1S/C18H29N3/c1-15-4-3-5-18(12-15)21-10-8-20(9-11-21)14-16(2)13-19-17-6-7-17/h3-5,12,16-17,19H,6-11,13-14H2,1-2H3. The zero-order valence-electron chi connectivity index (χ0n) is 13.5. The van der Waals surface area contributed by atoms with Crippen molar-refractivity contribution in [3.05, 3.63) is 29.8 Å². The fraction of sp³-hybridized carbons (Fsp3) is 0.667. The van der Waals surface area contributed by atoms with E-state index in [1.165, 1.54) is 50.3 Å². The number of hydrogen-bond acceptors (Lipinski definition) is 3. The highest BCUT2D eigenvalue weighted by Crippen LogP contribution is 2.20. The molecule has 21 heavy (non-hydrogen) atoms. The average molecular weight is 287 g/mol. The number of hydrogen-bond donors (Lipinski definition) is 1. The monoisotopic (exact) mass is 287 g/mol. The summed E-state index contributed by atoms with van der Waals surface area (Å²) in [5.41, 5.74) is 2.74. The van der Waals surface area contributed by atoms with E-state index in [-0.39, 0.29) is 0 Å². The Kier molecular flexibility index (Phi) is 4.81. The smallest absolute Gasteiger partial charge is 0.0369 e. The predicted molar refractivity (Wildman–Crippen MR) is 90.0 cm³/mol. The van der Waals surface area contributed by atoms with Gasteiger partial charge in [0.25, 0.3) is 0 Å². The molecule has 3 rings (SSSR count). The van der Waals surface area contributed by atoms with E-state index < -0.39 is 0 Å². The number of aryl methyl sites for hydroxylation is 1. The molecule has 1 aliphatic carbocycles. The van der Waals surface area contributed by atoms with Crippen molar-refractivity contribution in [2.75, 3.05) is 44.2 Å². The van der Waals surface area contributed by atoms with Gasteiger partial charge >= 0.3 is 0 Å². The summed E-state index contributed by atoms with van der Waals surface area (Å²) in [5.74, 6) is 0.760. The normalized spacial score (nSPS) is 21.5. The fourth-order valence-electron chi connectivity index (χ4n) is 3.17. The number of anilines is 1. The molecule has 1 unspecified atom stereocenters. The summed E-state index contributed by atoms with van der Waals surface area (Å²) in [4.78, 5) is 5.15. The lowest BCUT2D eigenvalue weighted by Crippen LogP contribution is -2.48. The van der Waals surface area contributed by atoms with Crippen molar-refractivity contribution in [2.24, 2.45) is 5.92 Å². The molecule has 0 spiro atoms. The number of rotatable bonds is 6. The second-order valence-corrected chi connectivity index (χ2v) is 6.91. The van der Waals surface area contributed by atoms with Gasteiger partial charge in [0.2, 0.25) is 0 Å². The second-order valence-electron chi connectivity index (χ2n) is 6.91. The molecule has 1 aromatic rings. The minimum absolute atomic E-state index is 0.760. The van der Waals surface area contributed by atoms with E-state index in [1.807, 2.05) is 0 Å². The lowest BCUT2D eigenvalue weighted by atomic mass is 10.1. The Bertz CT molecular complexity index is 448. The van der Waals surface area contributed by atoms with Crippen molar-refractivity contribution in [2.45, 2.75) is 32.7 Å². The number of nitrogens with one attached hydrogen (secondary N) is 1. The van der Waals surface area contributed by atoms with Gasteiger partial charge in [-0.25, -0.2) is 0 Å². The molecule has 2 fully saturated rings. The summed E-state index contributed by atoms with van der Waals surface area (Å²) in [6.45, 7) is 11.7. The number of benzene rings is 1. The number of piperazine rings is 1. The molecule has 1 N–H and O–H groups in total. The zero-order chi connectivity index (χ0) is 14.7. The lowest BCUT2D eigenvalue weighted by molar-refractivity contribution is 0.222. The highest BCUT2D eigenvalue weighted by atomic mass is 15.3. The molecule has 1 heterocycles. The van der Waals surface area contributed by atoms with E-state index in [4.69, 9.17) is 0 Å². The third-order valence-electron chi connectivity index (χ3n) is 4.64. The summed E-state index contributed by atoms with van der Waals surface area (Å²) < 4.78 is 0. The third-order valence-corrected chi connectivity index (χ3v) is 4.64. The van der Waals surface area contributed by atoms with Crippen LogP contribution in [0.5, 0.6) is 0 Å². The molecule has 0 radical (unpaired) electrons. The van der Waals surface area contributed by atoms with Gasteiger partial charge in [0.15, 0.2) is 0 Å². The largest absolute Gasteiger partial charge is 0.369 e. The minimum atomic E-state index is 0.760. The molecule has 1 saturated heterocycles. The highest BCUT2D eigenvalue weighted by Gasteiger charge is 2.22. The lowest BCUT2D eigenvalue weighted by Gasteiger charge is -2.37. The zero-order valence-corrected chi connectivity index (χ0v) is 13.5. The maximum Gasteiger partial charge on any atom is 0.0369 e. The van der Waals surface area contributed by atoms with E-state index in [2.05, 4.69) is 53.2 Å². The van der Waals surface area contributed by atoms with Crippen LogP contribution in [0, 0.1) is 12.8 Å². The average Bonchev–Trinajstić information content (AvgIpc) is 3.30. The van der Waals surface area contributed by atoms with Crippen molar-refractivity contribution in [1.29, 1.82) is 0 Å². The SMILES string of the molecule is Cc1cccc(N2CCN(CC(C)CNC3CC3)CC2)c1. The Morgan fingerprint density at radius 2 is 1.95 bits per heavy atom. The molecule has 1 saturated carbocycles. The van der Waals surface area contributed by atoms with Crippen LogP contribution in [-0.2, 0) is 0 Å². The first-order valence-electron chi connectivity index (χ1n) is 8.48. The first kappa shape index (κ1) is 14.9. The molecule has 1 atom stereocenters. The summed E-state index contributed by atoms with van der Waals surface area (Å²) in [6.07, 6.45) is 2.78. The van der Waals surface area contributed by atoms with Gasteiger partial charge in [0.1, 0.15) is 0 Å². The van der Waals surface area contributed by atoms with Crippen LogP contribution in [0.1, 0.15) is 25.3 Å². The molecule has 3 nitrogen and oxygen atoms in total. The predicted octanol–water partition coefficient (Wildman–Crippen LogP) is 2.51. The summed E-state index contributed by atoms with van der Waals surface area (Å²) in [6, 6.07) is 9.73. The maximum absolute atomic E-state index is 3.65. The Hall–Kier alpha value is -1.06. The van der Waals surface area contributed by atoms with Gasteiger partial charge in [-0.2, -0.15) is 0 Å². The van der Waals surface area contributed by atoms with Crippen molar-refractivity contribution in [1.82, 2.24) is 10.2 Å². The Balaban J connectivity index is 1.41. The quantitative estimate of drug-likeness (QED) is 0.867. The van der Waals surface area contributed by atoms with Gasteiger partial charge in [-0.05, 0) is 49.9 Å². The van der Waals surface area contributed by atoms with Crippen LogP contribution in [0.3, 0.4) is 0 Å². The molecule has 1 aromatic carbocycles. The molecular weight excluding hydrogens is 258 g/mol. The van der Waals surface area contributed by atoms with Gasteiger partial charge in [-0.15, -0.1) is 0 Å². The number of nitrogens with zero attached hydrogens (tertiary/aromatic N) is 2. The van der Waals surface area contributed by atoms with Crippen LogP contribution in [0.4, 0.5) is 5.69 Å². The van der Waals surface area contributed by atoms with Crippen molar-refractivity contribution >= 4 is 5.69 Å². The summed E-state index contributed by atoms with van der Waals surface area (Å²) in [7, 11) is 0. The van der Waals surface area contributed by atoms with Gasteiger partial charge in [0, 0.05) is 44.5 Å². The Labute approximate surface area is 129 Å². The second kappa shape index (κ2) is 6.80. The third kappa shape index (κ3) is 4.45. The van der Waals surface area contributed by atoms with Crippen LogP contribution in [0.2, 0.25) is 0 Å². The summed E-state index contributed by atoms with van der Waals surface area (Å²) >= 11 is 0. The van der Waals surface area contributed by atoms with Gasteiger partial charge in [0.05, 0.1) is 0 Å². The Morgan fingerprint density at radius 3 is 2.62 bits per heavy atom.